The first-order valence-corrected chi connectivity index (χ1v) is 13.1. The summed E-state index contributed by atoms with van der Waals surface area (Å²) < 4.78 is 3.16. The zero-order valence-corrected chi connectivity index (χ0v) is 21.8. The molecule has 9 heteroatoms. The van der Waals surface area contributed by atoms with Crippen molar-refractivity contribution in [3.63, 3.8) is 0 Å². The number of fused-ring (bicyclic) bond motifs is 5. The summed E-state index contributed by atoms with van der Waals surface area (Å²) in [6.07, 6.45) is 4.67. The van der Waals surface area contributed by atoms with Gasteiger partial charge in [0, 0.05) is 12.1 Å². The molecule has 2 fully saturated rings. The van der Waals surface area contributed by atoms with Crippen LogP contribution in [0.4, 0.5) is 5.69 Å². The van der Waals surface area contributed by atoms with E-state index in [1.54, 1.807) is 42.9 Å². The second-order valence-electron chi connectivity index (χ2n) is 10.3. The van der Waals surface area contributed by atoms with E-state index in [0.29, 0.717) is 22.0 Å². The summed E-state index contributed by atoms with van der Waals surface area (Å²) in [5.41, 5.74) is 1.55. The lowest BCUT2D eigenvalue weighted by Crippen LogP contribution is -2.38. The van der Waals surface area contributed by atoms with E-state index < -0.39 is 11.9 Å². The van der Waals surface area contributed by atoms with Crippen molar-refractivity contribution in [3.8, 4) is 5.69 Å². The van der Waals surface area contributed by atoms with E-state index >= 15 is 0 Å². The fourth-order valence-electron chi connectivity index (χ4n) is 6.40. The van der Waals surface area contributed by atoms with Crippen molar-refractivity contribution >= 4 is 35.0 Å². The Hall–Kier alpha value is -3.91. The second kappa shape index (κ2) is 9.13. The van der Waals surface area contributed by atoms with Crippen molar-refractivity contribution in [3.05, 3.63) is 93.4 Å². The van der Waals surface area contributed by atoms with Crippen molar-refractivity contribution in [2.75, 3.05) is 5.32 Å². The maximum Gasteiger partial charge on any atom is 0.295 e. The van der Waals surface area contributed by atoms with Gasteiger partial charge in [0.1, 0.15) is 5.69 Å². The number of carbonyl (C=O) groups is 3. The van der Waals surface area contributed by atoms with Crippen LogP contribution in [0.3, 0.4) is 0 Å². The van der Waals surface area contributed by atoms with E-state index in [2.05, 4.69) is 5.32 Å². The fraction of sp³-hybridized carbons (Fsp3) is 0.310. The van der Waals surface area contributed by atoms with Crippen molar-refractivity contribution in [1.82, 2.24) is 14.3 Å². The Labute approximate surface area is 224 Å². The van der Waals surface area contributed by atoms with Gasteiger partial charge in [-0.15, -0.1) is 0 Å². The van der Waals surface area contributed by atoms with Gasteiger partial charge in [-0.1, -0.05) is 60.2 Å². The van der Waals surface area contributed by atoms with Gasteiger partial charge in [-0.05, 0) is 48.9 Å². The highest BCUT2D eigenvalue weighted by atomic mass is 35.5. The zero-order valence-electron chi connectivity index (χ0n) is 21.0. The van der Waals surface area contributed by atoms with Crippen molar-refractivity contribution in [2.45, 2.75) is 25.8 Å². The van der Waals surface area contributed by atoms with Gasteiger partial charge in [0.25, 0.3) is 5.56 Å². The van der Waals surface area contributed by atoms with Crippen molar-refractivity contribution < 1.29 is 14.4 Å². The average Bonchev–Trinajstić information content (AvgIpc) is 3.64. The molecule has 2 aliphatic carbocycles. The number of aromatic nitrogens is 2. The molecule has 3 amide bonds. The number of benzene rings is 2. The van der Waals surface area contributed by atoms with Crippen LogP contribution in [0.15, 0.2) is 71.5 Å². The molecule has 1 aromatic heterocycles. The maximum absolute atomic E-state index is 13.6. The predicted molar refractivity (Wildman–Crippen MR) is 143 cm³/mol. The minimum Gasteiger partial charge on any atom is -0.320 e. The lowest BCUT2D eigenvalue weighted by molar-refractivity contribution is -0.144. The summed E-state index contributed by atoms with van der Waals surface area (Å²) in [7, 11) is 1.74. The van der Waals surface area contributed by atoms with Crippen LogP contribution in [0.1, 0.15) is 30.1 Å². The Balaban J connectivity index is 1.32. The number of para-hydroxylation sites is 1. The predicted octanol–water partition coefficient (Wildman–Crippen LogP) is 4.01. The van der Waals surface area contributed by atoms with E-state index in [4.69, 9.17) is 11.6 Å². The van der Waals surface area contributed by atoms with E-state index in [9.17, 15) is 19.2 Å². The number of likely N-dealkylation sites (tertiary alicyclic amines) is 1. The third kappa shape index (κ3) is 3.66. The molecule has 0 spiro atoms. The van der Waals surface area contributed by atoms with Gasteiger partial charge < -0.3 is 5.32 Å². The molecule has 5 atom stereocenters. The molecular formula is C29H27ClN4O4. The first kappa shape index (κ1) is 24.4. The molecule has 38 heavy (non-hydrogen) atoms. The van der Waals surface area contributed by atoms with Crippen LogP contribution >= 0.6 is 11.6 Å². The standard InChI is InChI=1S/C29H27ClN4O4/c1-16-26(29(38)34(32(16)2)19-8-4-3-5-9-19)31-23(35)15-22(20-10-6-7-11-21(20)30)33-27(36)24-17-12-13-18(14-17)25(24)28(33)37/h3-13,17-18,22,24-25H,14-15H2,1-2H3,(H,31,35). The number of hydrogen-bond acceptors (Lipinski definition) is 4. The fourth-order valence-corrected chi connectivity index (χ4v) is 6.66. The minimum atomic E-state index is -0.880. The minimum absolute atomic E-state index is 0.0515. The monoisotopic (exact) mass is 530 g/mol. The van der Waals surface area contributed by atoms with Crippen LogP contribution in [0.25, 0.3) is 5.69 Å². The molecule has 5 unspecified atom stereocenters. The second-order valence-corrected chi connectivity index (χ2v) is 10.7. The highest BCUT2D eigenvalue weighted by molar-refractivity contribution is 6.31. The number of allylic oxidation sites excluding steroid dienone is 2. The highest BCUT2D eigenvalue weighted by Crippen LogP contribution is 2.54. The van der Waals surface area contributed by atoms with Gasteiger partial charge in [-0.2, -0.15) is 0 Å². The molecular weight excluding hydrogens is 504 g/mol. The lowest BCUT2D eigenvalue weighted by atomic mass is 9.85. The lowest BCUT2D eigenvalue weighted by Gasteiger charge is -2.28. The number of anilines is 1. The van der Waals surface area contributed by atoms with Crippen LogP contribution in [-0.4, -0.2) is 32.0 Å². The van der Waals surface area contributed by atoms with E-state index in [1.807, 2.05) is 42.5 Å². The molecule has 2 bridgehead atoms. The number of nitrogens with zero attached hydrogens (tertiary/aromatic N) is 3. The Morgan fingerprint density at radius 2 is 1.58 bits per heavy atom. The first-order chi connectivity index (χ1) is 18.3. The number of carbonyl (C=O) groups excluding carboxylic acids is 3. The van der Waals surface area contributed by atoms with Gasteiger partial charge in [-0.3, -0.25) is 28.8 Å². The van der Waals surface area contributed by atoms with Gasteiger partial charge in [0.05, 0.1) is 35.7 Å². The van der Waals surface area contributed by atoms with Crippen LogP contribution in [0, 0.1) is 30.6 Å². The van der Waals surface area contributed by atoms with Gasteiger partial charge in [0.15, 0.2) is 0 Å². The summed E-state index contributed by atoms with van der Waals surface area (Å²) in [5, 5.41) is 3.13. The Morgan fingerprint density at radius 3 is 2.21 bits per heavy atom. The number of hydrogen-bond donors (Lipinski definition) is 1. The summed E-state index contributed by atoms with van der Waals surface area (Å²) in [4.78, 5) is 55.2. The van der Waals surface area contributed by atoms with Crippen LogP contribution in [0.5, 0.6) is 0 Å². The smallest absolute Gasteiger partial charge is 0.295 e. The largest absolute Gasteiger partial charge is 0.320 e. The number of rotatable bonds is 6. The number of imide groups is 1. The number of amides is 3. The van der Waals surface area contributed by atoms with Gasteiger partial charge in [-0.25, -0.2) is 4.68 Å². The van der Waals surface area contributed by atoms with Crippen LogP contribution in [0.2, 0.25) is 5.02 Å². The molecule has 6 rings (SSSR count). The Kier molecular flexibility index (Phi) is 5.87. The molecule has 2 aromatic carbocycles. The Bertz CT molecular complexity index is 1530. The molecule has 194 valence electrons. The third-order valence-electron chi connectivity index (χ3n) is 8.28. The summed E-state index contributed by atoms with van der Waals surface area (Å²) in [5.74, 6) is -1.67. The molecule has 1 N–H and O–H groups in total. The van der Waals surface area contributed by atoms with E-state index in [1.165, 1.54) is 9.58 Å². The number of halogens is 1. The summed E-state index contributed by atoms with van der Waals surface area (Å²) in [6, 6.07) is 15.2. The molecule has 1 saturated heterocycles. The average molecular weight is 531 g/mol. The van der Waals surface area contributed by atoms with Crippen molar-refractivity contribution in [1.29, 1.82) is 0 Å². The summed E-state index contributed by atoms with van der Waals surface area (Å²) >= 11 is 6.52. The van der Waals surface area contributed by atoms with Crippen LogP contribution in [-0.2, 0) is 21.4 Å². The quantitative estimate of drug-likeness (QED) is 0.385. The van der Waals surface area contributed by atoms with Gasteiger partial charge in [0.2, 0.25) is 17.7 Å². The summed E-state index contributed by atoms with van der Waals surface area (Å²) in [6.45, 7) is 1.75. The molecule has 0 radical (unpaired) electrons. The molecule has 3 aliphatic rings. The SMILES string of the molecule is Cc1c(NC(=O)CC(c2ccccc2Cl)N2C(=O)C3C4C=CC(C4)C3C2=O)c(=O)n(-c2ccccc2)n1C. The first-order valence-electron chi connectivity index (χ1n) is 12.7. The normalized spacial score (nSPS) is 24.2. The Morgan fingerprint density at radius 1 is 0.974 bits per heavy atom. The molecule has 8 nitrogen and oxygen atoms in total. The third-order valence-corrected chi connectivity index (χ3v) is 8.62. The zero-order chi connectivity index (χ0) is 26.7. The molecule has 2 heterocycles. The van der Waals surface area contributed by atoms with Crippen LogP contribution < -0.4 is 10.9 Å². The molecule has 1 aliphatic heterocycles. The number of nitrogens with one attached hydrogen (secondary N) is 1. The maximum atomic E-state index is 13.6. The molecule has 3 aromatic rings. The molecule has 1 saturated carbocycles. The van der Waals surface area contributed by atoms with Gasteiger partial charge >= 0.3 is 0 Å². The van der Waals surface area contributed by atoms with Crippen molar-refractivity contribution in [2.24, 2.45) is 30.7 Å². The highest BCUT2D eigenvalue weighted by Gasteiger charge is 2.60. The topological polar surface area (TPSA) is 93.4 Å². The van der Waals surface area contributed by atoms with E-state index in [-0.39, 0.29) is 53.2 Å². The van der Waals surface area contributed by atoms with E-state index in [0.717, 1.165) is 6.42 Å².